The fraction of sp³-hybridized carbons (Fsp3) is 0.381. The van der Waals surface area contributed by atoms with Crippen LogP contribution in [0.25, 0.3) is 0 Å². The maximum Gasteiger partial charge on any atom is 0.258 e. The van der Waals surface area contributed by atoms with Crippen LogP contribution < -0.4 is 15.3 Å². The number of rotatable bonds is 6. The van der Waals surface area contributed by atoms with Crippen LogP contribution in [-0.4, -0.2) is 36.7 Å². The molecule has 2 rings (SSSR count). The normalized spacial score (nSPS) is 13.5. The summed E-state index contributed by atoms with van der Waals surface area (Å²) < 4.78 is 5.57. The molecule has 2 aromatic rings. The molecule has 5 heteroatoms. The SMILES string of the molecule is COc1cccc(P(C)(=S)c2ccccc2)c1C(=O)N(C(C)C)C(C)C. The molecule has 3 nitrogen and oxygen atoms in total. The summed E-state index contributed by atoms with van der Waals surface area (Å²) >= 11 is 6.09. The lowest BCUT2D eigenvalue weighted by Crippen LogP contribution is -2.44. The number of ether oxygens (including phenoxy) is 1. The topological polar surface area (TPSA) is 29.5 Å². The number of carbonyl (C=O) groups is 1. The maximum absolute atomic E-state index is 13.5. The highest BCUT2D eigenvalue weighted by molar-refractivity contribution is 8.21. The van der Waals surface area contributed by atoms with Crippen molar-refractivity contribution in [3.05, 3.63) is 54.1 Å². The number of benzene rings is 2. The highest BCUT2D eigenvalue weighted by atomic mass is 32.4. The highest BCUT2D eigenvalue weighted by Gasteiger charge is 2.31. The Morgan fingerprint density at radius 3 is 2.08 bits per heavy atom. The van der Waals surface area contributed by atoms with Gasteiger partial charge in [0.25, 0.3) is 5.91 Å². The Morgan fingerprint density at radius 2 is 1.58 bits per heavy atom. The minimum absolute atomic E-state index is 0.0190. The molecule has 0 spiro atoms. The standard InChI is InChI=1S/C21H28NO2PS/c1-15(2)22(16(3)4)21(23)20-18(24-5)13-10-14-19(20)25(6,26)17-11-8-7-9-12-17/h7-16H,1-6H3. The van der Waals surface area contributed by atoms with Gasteiger partial charge in [-0.15, -0.1) is 0 Å². The van der Waals surface area contributed by atoms with E-state index in [-0.39, 0.29) is 18.0 Å². The Balaban J connectivity index is 2.70. The highest BCUT2D eigenvalue weighted by Crippen LogP contribution is 2.42. The minimum Gasteiger partial charge on any atom is -0.496 e. The van der Waals surface area contributed by atoms with Gasteiger partial charge in [0.1, 0.15) is 5.75 Å². The number of hydrogen-bond donors (Lipinski definition) is 0. The van der Waals surface area contributed by atoms with Crippen molar-refractivity contribution in [1.29, 1.82) is 0 Å². The van der Waals surface area contributed by atoms with Gasteiger partial charge in [-0.25, -0.2) is 0 Å². The van der Waals surface area contributed by atoms with E-state index in [9.17, 15) is 4.79 Å². The van der Waals surface area contributed by atoms with E-state index in [2.05, 4.69) is 18.8 Å². The van der Waals surface area contributed by atoms with Crippen LogP contribution in [-0.2, 0) is 11.8 Å². The molecule has 1 amide bonds. The fourth-order valence-electron chi connectivity index (χ4n) is 3.31. The molecule has 26 heavy (non-hydrogen) atoms. The molecule has 0 aliphatic rings. The molecule has 0 aliphatic carbocycles. The molecule has 1 atom stereocenters. The summed E-state index contributed by atoms with van der Waals surface area (Å²) in [6.07, 6.45) is 0. The third kappa shape index (κ3) is 4.02. The monoisotopic (exact) mass is 389 g/mol. The smallest absolute Gasteiger partial charge is 0.258 e. The Morgan fingerprint density at radius 1 is 1.00 bits per heavy atom. The second-order valence-electron chi connectivity index (χ2n) is 7.01. The predicted octanol–water partition coefficient (Wildman–Crippen LogP) is 4.01. The molecular weight excluding hydrogens is 361 g/mol. The van der Waals surface area contributed by atoms with Crippen molar-refractivity contribution in [3.63, 3.8) is 0 Å². The van der Waals surface area contributed by atoms with Crippen LogP contribution in [0.5, 0.6) is 5.75 Å². The van der Waals surface area contributed by atoms with E-state index in [4.69, 9.17) is 16.5 Å². The minimum atomic E-state index is -2.12. The Kier molecular flexibility index (Phi) is 6.65. The number of nitrogens with zero attached hydrogens (tertiary/aromatic N) is 1. The summed E-state index contributed by atoms with van der Waals surface area (Å²) in [5, 5.41) is 2.01. The third-order valence-corrected chi connectivity index (χ3v) is 8.29. The summed E-state index contributed by atoms with van der Waals surface area (Å²) in [5.41, 5.74) is 0.604. The average molecular weight is 390 g/mol. The number of carbonyl (C=O) groups excluding carboxylic acids is 1. The molecule has 0 heterocycles. The molecule has 140 valence electrons. The van der Waals surface area contributed by atoms with Crippen molar-refractivity contribution in [2.45, 2.75) is 39.8 Å². The molecular formula is C21H28NO2PS. The van der Waals surface area contributed by atoms with Crippen LogP contribution in [0.15, 0.2) is 48.5 Å². The second kappa shape index (κ2) is 8.37. The van der Waals surface area contributed by atoms with Crippen LogP contribution in [0.2, 0.25) is 0 Å². The van der Waals surface area contributed by atoms with Crippen molar-refractivity contribution < 1.29 is 9.53 Å². The van der Waals surface area contributed by atoms with Gasteiger partial charge in [-0.1, -0.05) is 54.3 Å². The van der Waals surface area contributed by atoms with Crippen molar-refractivity contribution in [2.75, 3.05) is 13.8 Å². The molecule has 0 radical (unpaired) electrons. The number of hydrogen-bond acceptors (Lipinski definition) is 3. The van der Waals surface area contributed by atoms with Crippen molar-refractivity contribution >= 4 is 34.4 Å². The summed E-state index contributed by atoms with van der Waals surface area (Å²) in [6.45, 7) is 10.2. The van der Waals surface area contributed by atoms with Crippen LogP contribution in [0.3, 0.4) is 0 Å². The zero-order valence-electron chi connectivity index (χ0n) is 16.4. The lowest BCUT2D eigenvalue weighted by atomic mass is 10.1. The van der Waals surface area contributed by atoms with E-state index in [1.807, 2.05) is 69.0 Å². The summed E-state index contributed by atoms with van der Waals surface area (Å²) in [4.78, 5) is 15.4. The summed E-state index contributed by atoms with van der Waals surface area (Å²) in [6, 6.07) is 13.9. The molecule has 0 aromatic heterocycles. The molecule has 1 unspecified atom stereocenters. The third-order valence-electron chi connectivity index (χ3n) is 4.49. The summed E-state index contributed by atoms with van der Waals surface area (Å²) in [5.74, 6) is 0.570. The van der Waals surface area contributed by atoms with Gasteiger partial charge in [0.15, 0.2) is 0 Å². The van der Waals surface area contributed by atoms with Gasteiger partial charge in [0.05, 0.1) is 12.7 Å². The van der Waals surface area contributed by atoms with E-state index in [0.29, 0.717) is 11.3 Å². The van der Waals surface area contributed by atoms with E-state index in [1.165, 1.54) is 0 Å². The molecule has 0 bridgehead atoms. The molecule has 2 aromatic carbocycles. The van der Waals surface area contributed by atoms with Gasteiger partial charge in [0.2, 0.25) is 0 Å². The first kappa shape index (κ1) is 20.7. The van der Waals surface area contributed by atoms with Crippen molar-refractivity contribution in [3.8, 4) is 5.75 Å². The molecule has 0 saturated heterocycles. The lowest BCUT2D eigenvalue weighted by Gasteiger charge is -2.33. The first-order chi connectivity index (χ1) is 12.2. The van der Waals surface area contributed by atoms with Gasteiger partial charge in [0, 0.05) is 23.4 Å². The first-order valence-electron chi connectivity index (χ1n) is 8.85. The molecule has 0 saturated carbocycles. The van der Waals surface area contributed by atoms with Gasteiger partial charge in [-0.05, 0) is 45.7 Å². The second-order valence-corrected chi connectivity index (χ2v) is 12.1. The van der Waals surface area contributed by atoms with Crippen molar-refractivity contribution in [2.24, 2.45) is 0 Å². The zero-order chi connectivity index (χ0) is 19.5. The quantitative estimate of drug-likeness (QED) is 0.699. The zero-order valence-corrected chi connectivity index (χ0v) is 18.1. The Labute approximate surface area is 162 Å². The largest absolute Gasteiger partial charge is 0.496 e. The molecule has 0 aliphatic heterocycles. The van der Waals surface area contributed by atoms with Crippen molar-refractivity contribution in [1.82, 2.24) is 4.90 Å². The first-order valence-corrected chi connectivity index (χ1v) is 12.1. The fourth-order valence-corrected chi connectivity index (χ4v) is 6.15. The Bertz CT molecular complexity index is 810. The van der Waals surface area contributed by atoms with Crippen LogP contribution in [0, 0.1) is 0 Å². The van der Waals surface area contributed by atoms with Gasteiger partial charge >= 0.3 is 0 Å². The van der Waals surface area contributed by atoms with Crippen LogP contribution >= 0.6 is 6.04 Å². The van der Waals surface area contributed by atoms with E-state index < -0.39 is 6.04 Å². The van der Waals surface area contributed by atoms with E-state index in [0.717, 1.165) is 10.6 Å². The van der Waals surface area contributed by atoms with Crippen LogP contribution in [0.4, 0.5) is 0 Å². The van der Waals surface area contributed by atoms with E-state index in [1.54, 1.807) is 7.11 Å². The van der Waals surface area contributed by atoms with Crippen LogP contribution in [0.1, 0.15) is 38.1 Å². The maximum atomic E-state index is 13.5. The van der Waals surface area contributed by atoms with Gasteiger partial charge < -0.3 is 9.64 Å². The number of amides is 1. The number of methoxy groups -OCH3 is 1. The van der Waals surface area contributed by atoms with E-state index >= 15 is 0 Å². The summed E-state index contributed by atoms with van der Waals surface area (Å²) in [7, 11) is 1.60. The van der Waals surface area contributed by atoms with Gasteiger partial charge in [-0.3, -0.25) is 4.79 Å². The molecule has 0 fully saturated rings. The average Bonchev–Trinajstić information content (AvgIpc) is 2.61. The van der Waals surface area contributed by atoms with Gasteiger partial charge in [-0.2, -0.15) is 0 Å². The molecule has 0 N–H and O–H groups in total. The lowest BCUT2D eigenvalue weighted by molar-refractivity contribution is 0.0642. The Hall–Kier alpha value is -1.64. The predicted molar refractivity (Wildman–Crippen MR) is 115 cm³/mol.